The topological polar surface area (TPSA) is 53.7 Å². The number of nitrogens with zero attached hydrogens (tertiary/aromatic N) is 1. The van der Waals surface area contributed by atoms with Crippen molar-refractivity contribution in [1.29, 1.82) is 0 Å². The molecule has 0 aliphatic rings. The van der Waals surface area contributed by atoms with E-state index in [0.717, 1.165) is 22.4 Å². The van der Waals surface area contributed by atoms with E-state index in [1.54, 1.807) is 20.4 Å². The molecule has 4 aromatic rings. The van der Waals surface area contributed by atoms with Crippen LogP contribution in [0, 0.1) is 0 Å². The lowest BCUT2D eigenvalue weighted by Gasteiger charge is -2.11. The normalized spacial score (nSPS) is 10.6. The second kappa shape index (κ2) is 8.52. The number of aromatic nitrogens is 1. The minimum Gasteiger partial charge on any atom is -0.493 e. The fourth-order valence-corrected chi connectivity index (χ4v) is 3.11. The van der Waals surface area contributed by atoms with E-state index in [1.807, 2.05) is 72.8 Å². The number of hydrogen-bond acceptors (Lipinski definition) is 5. The molecule has 29 heavy (non-hydrogen) atoms. The zero-order chi connectivity index (χ0) is 20.1. The predicted molar refractivity (Wildman–Crippen MR) is 111 cm³/mol. The average molecular weight is 387 g/mol. The summed E-state index contributed by atoms with van der Waals surface area (Å²) in [7, 11) is 3.20. The third-order valence-electron chi connectivity index (χ3n) is 4.53. The highest BCUT2D eigenvalue weighted by Gasteiger charge is 2.18. The van der Waals surface area contributed by atoms with Gasteiger partial charge in [-0.25, -0.2) is 4.98 Å². The van der Waals surface area contributed by atoms with Crippen LogP contribution in [0.3, 0.4) is 0 Å². The molecule has 3 aromatic carbocycles. The molecular formula is C24H21NO4. The average Bonchev–Trinajstić information content (AvgIpc) is 3.28. The van der Waals surface area contributed by atoms with Gasteiger partial charge in [-0.15, -0.1) is 0 Å². The lowest BCUT2D eigenvalue weighted by atomic mass is 10.1. The first-order valence-corrected chi connectivity index (χ1v) is 9.23. The second-order valence-corrected chi connectivity index (χ2v) is 6.34. The Morgan fingerprint density at radius 1 is 0.759 bits per heavy atom. The van der Waals surface area contributed by atoms with Crippen LogP contribution in [0.15, 0.2) is 83.4 Å². The Bertz CT molecular complexity index is 1090. The highest BCUT2D eigenvalue weighted by molar-refractivity contribution is 5.71. The Balaban J connectivity index is 1.64. The van der Waals surface area contributed by atoms with Gasteiger partial charge in [0.05, 0.1) is 31.5 Å². The summed E-state index contributed by atoms with van der Waals surface area (Å²) in [6.07, 6.45) is 1.69. The van der Waals surface area contributed by atoms with E-state index in [9.17, 15) is 0 Å². The van der Waals surface area contributed by atoms with Gasteiger partial charge in [0.1, 0.15) is 12.4 Å². The Kier molecular flexibility index (Phi) is 5.47. The minimum atomic E-state index is 0.452. The summed E-state index contributed by atoms with van der Waals surface area (Å²) < 4.78 is 23.0. The third-order valence-corrected chi connectivity index (χ3v) is 4.53. The summed E-state index contributed by atoms with van der Waals surface area (Å²) in [4.78, 5) is 4.45. The molecule has 0 radical (unpaired) electrons. The Morgan fingerprint density at radius 2 is 1.48 bits per heavy atom. The van der Waals surface area contributed by atoms with Crippen molar-refractivity contribution < 1.29 is 18.6 Å². The smallest absolute Gasteiger partial charge is 0.230 e. The maximum Gasteiger partial charge on any atom is 0.230 e. The second-order valence-electron chi connectivity index (χ2n) is 6.34. The number of benzene rings is 3. The van der Waals surface area contributed by atoms with Crippen LogP contribution in [0.2, 0.25) is 0 Å². The molecule has 0 atom stereocenters. The van der Waals surface area contributed by atoms with Gasteiger partial charge in [-0.3, -0.25) is 0 Å². The van der Waals surface area contributed by atoms with Crippen LogP contribution in [0.4, 0.5) is 0 Å². The number of ether oxygens (including phenoxy) is 3. The molecule has 0 bridgehead atoms. The summed E-state index contributed by atoms with van der Waals surface area (Å²) in [6.45, 7) is 0.475. The summed E-state index contributed by atoms with van der Waals surface area (Å²) in [5, 5.41) is 0. The van der Waals surface area contributed by atoms with Gasteiger partial charge in [-0.1, -0.05) is 48.5 Å². The van der Waals surface area contributed by atoms with Crippen molar-refractivity contribution in [2.45, 2.75) is 6.61 Å². The first-order chi connectivity index (χ1) is 14.3. The van der Waals surface area contributed by atoms with Crippen molar-refractivity contribution in [1.82, 2.24) is 4.98 Å². The van der Waals surface area contributed by atoms with Crippen LogP contribution < -0.4 is 14.2 Å². The summed E-state index contributed by atoms with van der Waals surface area (Å²) >= 11 is 0. The fraction of sp³-hybridized carbons (Fsp3) is 0.125. The Labute approximate surface area is 169 Å². The van der Waals surface area contributed by atoms with Crippen molar-refractivity contribution in [2.75, 3.05) is 14.2 Å². The number of oxazole rings is 1. The summed E-state index contributed by atoms with van der Waals surface area (Å²) in [5.41, 5.74) is 2.66. The van der Waals surface area contributed by atoms with Crippen LogP contribution >= 0.6 is 0 Å². The monoisotopic (exact) mass is 387 g/mol. The maximum absolute atomic E-state index is 6.06. The molecule has 0 unspecified atom stereocenters. The van der Waals surface area contributed by atoms with E-state index >= 15 is 0 Å². The van der Waals surface area contributed by atoms with E-state index in [4.69, 9.17) is 18.6 Å². The van der Waals surface area contributed by atoms with Gasteiger partial charge in [0.25, 0.3) is 0 Å². The predicted octanol–water partition coefficient (Wildman–Crippen LogP) is 5.60. The first-order valence-electron chi connectivity index (χ1n) is 9.23. The summed E-state index contributed by atoms with van der Waals surface area (Å²) in [5.74, 6) is 3.01. The zero-order valence-corrected chi connectivity index (χ0v) is 16.3. The molecule has 1 aromatic heterocycles. The molecule has 0 N–H and O–H groups in total. The number of methoxy groups -OCH3 is 2. The van der Waals surface area contributed by atoms with Gasteiger partial charge < -0.3 is 18.6 Å². The molecule has 0 saturated carbocycles. The van der Waals surface area contributed by atoms with Crippen LogP contribution in [0.25, 0.3) is 22.8 Å². The largest absolute Gasteiger partial charge is 0.493 e. The van der Waals surface area contributed by atoms with Gasteiger partial charge in [0.15, 0.2) is 17.3 Å². The van der Waals surface area contributed by atoms with Gasteiger partial charge in [0.2, 0.25) is 5.89 Å². The minimum absolute atomic E-state index is 0.452. The number of rotatable bonds is 7. The van der Waals surface area contributed by atoms with Crippen molar-refractivity contribution >= 4 is 0 Å². The van der Waals surface area contributed by atoms with Gasteiger partial charge >= 0.3 is 0 Å². The number of hydrogen-bond donors (Lipinski definition) is 0. The van der Waals surface area contributed by atoms with Gasteiger partial charge in [0, 0.05) is 0 Å². The van der Waals surface area contributed by atoms with Crippen LogP contribution in [-0.2, 0) is 6.61 Å². The molecule has 146 valence electrons. The Morgan fingerprint density at radius 3 is 2.28 bits per heavy atom. The van der Waals surface area contributed by atoms with Crippen molar-refractivity contribution in [3.05, 3.63) is 84.6 Å². The van der Waals surface area contributed by atoms with Gasteiger partial charge in [-0.05, 0) is 29.8 Å². The molecule has 0 spiro atoms. The molecule has 0 aliphatic heterocycles. The molecule has 5 heteroatoms. The van der Waals surface area contributed by atoms with E-state index in [0.29, 0.717) is 29.8 Å². The van der Waals surface area contributed by atoms with Crippen molar-refractivity contribution in [2.24, 2.45) is 0 Å². The van der Waals surface area contributed by atoms with Crippen molar-refractivity contribution in [3.8, 4) is 40.0 Å². The van der Waals surface area contributed by atoms with Crippen LogP contribution in [-0.4, -0.2) is 19.2 Å². The standard InChI is InChI=1S/C24H21NO4/c1-26-21-14-8-12-19(23(21)27-2)24-25-15-22(29-24)18-11-6-7-13-20(18)28-16-17-9-4-3-5-10-17/h3-15H,16H2,1-2H3. The van der Waals surface area contributed by atoms with Crippen LogP contribution in [0.1, 0.15) is 5.56 Å². The molecule has 5 nitrogen and oxygen atoms in total. The zero-order valence-electron chi connectivity index (χ0n) is 16.3. The summed E-state index contributed by atoms with van der Waals surface area (Å²) in [6, 6.07) is 23.4. The lowest BCUT2D eigenvalue weighted by molar-refractivity contribution is 0.307. The van der Waals surface area contributed by atoms with E-state index < -0.39 is 0 Å². The molecule has 0 aliphatic carbocycles. The quantitative estimate of drug-likeness (QED) is 0.413. The van der Waals surface area contributed by atoms with E-state index in [2.05, 4.69) is 4.98 Å². The highest BCUT2D eigenvalue weighted by atomic mass is 16.5. The van der Waals surface area contributed by atoms with Gasteiger partial charge in [-0.2, -0.15) is 0 Å². The van der Waals surface area contributed by atoms with Crippen LogP contribution in [0.5, 0.6) is 17.2 Å². The maximum atomic E-state index is 6.06. The molecule has 0 saturated heterocycles. The van der Waals surface area contributed by atoms with Crippen molar-refractivity contribution in [3.63, 3.8) is 0 Å². The van der Waals surface area contributed by atoms with E-state index in [1.165, 1.54) is 0 Å². The fourth-order valence-electron chi connectivity index (χ4n) is 3.11. The van der Waals surface area contributed by atoms with E-state index in [-0.39, 0.29) is 0 Å². The molecule has 4 rings (SSSR count). The molecule has 0 fully saturated rings. The molecular weight excluding hydrogens is 366 g/mol. The third kappa shape index (κ3) is 3.94. The Hall–Kier alpha value is -3.73. The highest BCUT2D eigenvalue weighted by Crippen LogP contribution is 2.39. The number of para-hydroxylation sites is 2. The molecule has 0 amide bonds. The first kappa shape index (κ1) is 18.6. The molecule has 1 heterocycles. The SMILES string of the molecule is COc1cccc(-c2ncc(-c3ccccc3OCc3ccccc3)o2)c1OC. The lowest BCUT2D eigenvalue weighted by Crippen LogP contribution is -1.96.